The number of fused-ring (bicyclic) bond motifs is 1. The summed E-state index contributed by atoms with van der Waals surface area (Å²) in [5, 5.41) is 16.0. The zero-order valence-corrected chi connectivity index (χ0v) is 17.0. The number of nitrogens with one attached hydrogen (secondary N) is 1. The summed E-state index contributed by atoms with van der Waals surface area (Å²) in [5.41, 5.74) is 5.77. The normalized spacial score (nSPS) is 12.7. The molecule has 1 aliphatic rings. The van der Waals surface area contributed by atoms with Crippen LogP contribution < -0.4 is 10.2 Å². The van der Waals surface area contributed by atoms with Crippen LogP contribution in [0.1, 0.15) is 26.4 Å². The highest BCUT2D eigenvalue weighted by Crippen LogP contribution is 2.28. The van der Waals surface area contributed by atoms with E-state index >= 15 is 0 Å². The van der Waals surface area contributed by atoms with Crippen LogP contribution in [0.3, 0.4) is 0 Å². The molecule has 0 saturated carbocycles. The molecule has 4 aromatic rings. The lowest BCUT2D eigenvalue weighted by atomic mass is 10.1. The fourth-order valence-corrected chi connectivity index (χ4v) is 4.54. The Labute approximate surface area is 178 Å². The molecule has 30 heavy (non-hydrogen) atoms. The number of hydrogen-bond donors (Lipinski definition) is 1. The molecular formula is C22H20N6OS. The van der Waals surface area contributed by atoms with E-state index in [2.05, 4.69) is 74.3 Å². The van der Waals surface area contributed by atoms with E-state index in [1.807, 2.05) is 11.4 Å². The molecule has 0 spiro atoms. The predicted molar refractivity (Wildman–Crippen MR) is 116 cm³/mol. The van der Waals surface area contributed by atoms with Gasteiger partial charge in [-0.2, -0.15) is 4.68 Å². The summed E-state index contributed by atoms with van der Waals surface area (Å²) in [6.45, 7) is 2.42. The molecule has 0 bridgehead atoms. The summed E-state index contributed by atoms with van der Waals surface area (Å²) in [5.74, 6) is -0.131. The molecule has 0 fully saturated rings. The molecule has 1 amide bonds. The largest absolute Gasteiger partial charge is 0.367 e. The molecule has 8 heteroatoms. The minimum atomic E-state index is -0.131. The van der Waals surface area contributed by atoms with Crippen molar-refractivity contribution in [2.45, 2.75) is 19.5 Å². The van der Waals surface area contributed by atoms with E-state index in [-0.39, 0.29) is 5.91 Å². The van der Waals surface area contributed by atoms with Gasteiger partial charge in [-0.05, 0) is 51.1 Å². The Kier molecular flexibility index (Phi) is 4.98. The van der Waals surface area contributed by atoms with E-state index in [0.717, 1.165) is 25.1 Å². The Morgan fingerprint density at radius 1 is 1.03 bits per heavy atom. The van der Waals surface area contributed by atoms with Gasteiger partial charge in [0.1, 0.15) is 11.2 Å². The zero-order chi connectivity index (χ0) is 20.3. The molecule has 7 nitrogen and oxygen atoms in total. The van der Waals surface area contributed by atoms with E-state index in [1.165, 1.54) is 39.2 Å². The van der Waals surface area contributed by atoms with Gasteiger partial charge in [0, 0.05) is 25.3 Å². The van der Waals surface area contributed by atoms with Crippen molar-refractivity contribution < 1.29 is 4.79 Å². The Hall–Kier alpha value is -3.52. The Bertz CT molecular complexity index is 1150. The van der Waals surface area contributed by atoms with Crippen LogP contribution >= 0.6 is 11.3 Å². The lowest BCUT2D eigenvalue weighted by Gasteiger charge is -2.19. The van der Waals surface area contributed by atoms with Crippen molar-refractivity contribution in [3.05, 3.63) is 87.9 Å². The monoisotopic (exact) mass is 416 g/mol. The number of carbonyl (C=O) groups is 1. The number of carbonyl (C=O) groups excluding carboxylic acids is 1. The minimum Gasteiger partial charge on any atom is -0.367 e. The first-order chi connectivity index (χ1) is 14.8. The van der Waals surface area contributed by atoms with Gasteiger partial charge in [-0.1, -0.05) is 42.5 Å². The maximum atomic E-state index is 12.6. The number of tetrazole rings is 1. The van der Waals surface area contributed by atoms with Crippen LogP contribution in [0.15, 0.2) is 66.3 Å². The molecular weight excluding hydrogens is 396 g/mol. The molecule has 0 saturated heterocycles. The van der Waals surface area contributed by atoms with Gasteiger partial charge >= 0.3 is 0 Å². The minimum absolute atomic E-state index is 0.131. The number of amides is 1. The van der Waals surface area contributed by atoms with Crippen molar-refractivity contribution in [2.24, 2.45) is 0 Å². The molecule has 0 unspecified atom stereocenters. The second-order valence-electron chi connectivity index (χ2n) is 7.19. The van der Waals surface area contributed by atoms with Gasteiger partial charge in [0.05, 0.1) is 5.69 Å². The first kappa shape index (κ1) is 18.5. The lowest BCUT2D eigenvalue weighted by molar-refractivity contribution is 0.0955. The van der Waals surface area contributed by atoms with E-state index in [0.29, 0.717) is 17.1 Å². The van der Waals surface area contributed by atoms with Crippen LogP contribution in [0, 0.1) is 0 Å². The molecule has 1 aliphatic heterocycles. The molecule has 0 radical (unpaired) electrons. The van der Waals surface area contributed by atoms with E-state index < -0.39 is 0 Å². The maximum Gasteiger partial charge on any atom is 0.263 e. The summed E-state index contributed by atoms with van der Waals surface area (Å²) in [6, 6.07) is 18.9. The molecule has 2 aromatic carbocycles. The van der Waals surface area contributed by atoms with E-state index in [4.69, 9.17) is 0 Å². The highest BCUT2D eigenvalue weighted by Gasteiger charge is 2.18. The summed E-state index contributed by atoms with van der Waals surface area (Å²) < 4.78 is 1.50. The quantitative estimate of drug-likeness (QED) is 0.522. The number of benzene rings is 2. The van der Waals surface area contributed by atoms with E-state index in [1.54, 1.807) is 0 Å². The second-order valence-corrected chi connectivity index (χ2v) is 8.10. The number of aromatic nitrogens is 4. The van der Waals surface area contributed by atoms with Crippen LogP contribution in [0.2, 0.25) is 0 Å². The van der Waals surface area contributed by atoms with Crippen LogP contribution in [0.5, 0.6) is 0 Å². The number of thiophene rings is 1. The van der Waals surface area contributed by atoms with Gasteiger partial charge in [0.15, 0.2) is 0 Å². The summed E-state index contributed by atoms with van der Waals surface area (Å²) in [7, 11) is 0. The molecule has 3 heterocycles. The van der Waals surface area contributed by atoms with Crippen molar-refractivity contribution in [3.8, 4) is 5.69 Å². The number of anilines is 1. The smallest absolute Gasteiger partial charge is 0.263 e. The van der Waals surface area contributed by atoms with Crippen LogP contribution in [0.4, 0.5) is 5.69 Å². The summed E-state index contributed by atoms with van der Waals surface area (Å²) in [4.78, 5) is 15.6. The van der Waals surface area contributed by atoms with Gasteiger partial charge in [-0.25, -0.2) is 0 Å². The third kappa shape index (κ3) is 3.69. The maximum absolute atomic E-state index is 12.6. The standard InChI is InChI=1S/C22H20N6OS/c29-22(21-20(10-12-30-21)28-15-24-25-26-28)23-13-16-5-7-17(8-6-16)14-27-11-9-18-3-1-2-4-19(18)27/h1-8,10,12,15H,9,11,13-14H2,(H,23,29). The van der Waals surface area contributed by atoms with Gasteiger partial charge in [-0.3, -0.25) is 4.79 Å². The summed E-state index contributed by atoms with van der Waals surface area (Å²) >= 11 is 1.37. The average molecular weight is 417 g/mol. The highest BCUT2D eigenvalue weighted by atomic mass is 32.1. The van der Waals surface area contributed by atoms with Crippen LogP contribution in [-0.2, 0) is 19.5 Å². The number of nitrogens with zero attached hydrogens (tertiary/aromatic N) is 5. The molecule has 1 N–H and O–H groups in total. The van der Waals surface area contributed by atoms with Gasteiger partial charge in [0.2, 0.25) is 0 Å². The van der Waals surface area contributed by atoms with Crippen molar-refractivity contribution in [2.75, 3.05) is 11.4 Å². The van der Waals surface area contributed by atoms with Gasteiger partial charge in [-0.15, -0.1) is 16.4 Å². The summed E-state index contributed by atoms with van der Waals surface area (Å²) in [6.07, 6.45) is 2.59. The fraction of sp³-hybridized carbons (Fsp3) is 0.182. The predicted octanol–water partition coefficient (Wildman–Crippen LogP) is 3.22. The molecule has 0 aliphatic carbocycles. The Morgan fingerprint density at radius 2 is 1.87 bits per heavy atom. The Balaban J connectivity index is 1.20. The molecule has 5 rings (SSSR count). The zero-order valence-electron chi connectivity index (χ0n) is 16.2. The second kappa shape index (κ2) is 8.08. The first-order valence-corrected chi connectivity index (χ1v) is 10.7. The topological polar surface area (TPSA) is 75.9 Å². The third-order valence-electron chi connectivity index (χ3n) is 5.28. The van der Waals surface area contributed by atoms with Crippen molar-refractivity contribution in [3.63, 3.8) is 0 Å². The third-order valence-corrected chi connectivity index (χ3v) is 6.18. The van der Waals surface area contributed by atoms with Gasteiger partial charge in [0.25, 0.3) is 5.91 Å². The number of para-hydroxylation sites is 1. The average Bonchev–Trinajstić information content (AvgIpc) is 3.53. The number of rotatable bonds is 6. The lowest BCUT2D eigenvalue weighted by Crippen LogP contribution is -2.23. The first-order valence-electron chi connectivity index (χ1n) is 9.77. The van der Waals surface area contributed by atoms with Crippen molar-refractivity contribution >= 4 is 22.9 Å². The van der Waals surface area contributed by atoms with Crippen molar-refractivity contribution in [1.29, 1.82) is 0 Å². The molecule has 150 valence electrons. The SMILES string of the molecule is O=C(NCc1ccc(CN2CCc3ccccc32)cc1)c1sccc1-n1cnnn1. The fourth-order valence-electron chi connectivity index (χ4n) is 3.74. The molecule has 0 atom stereocenters. The van der Waals surface area contributed by atoms with Gasteiger partial charge < -0.3 is 10.2 Å². The van der Waals surface area contributed by atoms with E-state index in [9.17, 15) is 4.79 Å². The number of hydrogen-bond acceptors (Lipinski definition) is 6. The Morgan fingerprint density at radius 3 is 2.70 bits per heavy atom. The van der Waals surface area contributed by atoms with Crippen LogP contribution in [-0.4, -0.2) is 32.7 Å². The molecule has 2 aromatic heterocycles. The highest BCUT2D eigenvalue weighted by molar-refractivity contribution is 7.12. The van der Waals surface area contributed by atoms with Crippen molar-refractivity contribution in [1.82, 2.24) is 25.5 Å². The van der Waals surface area contributed by atoms with Crippen LogP contribution in [0.25, 0.3) is 5.69 Å².